The number of hydrogen-bond acceptors (Lipinski definition) is 0. The predicted octanol–water partition coefficient (Wildman–Crippen LogP) is 14.0. The van der Waals surface area contributed by atoms with E-state index in [0.717, 1.165) is 0 Å². The molecule has 2 atom stereocenters. The molecule has 8 aromatic rings. The van der Waals surface area contributed by atoms with Crippen LogP contribution in [0.4, 0.5) is 0 Å². The van der Waals surface area contributed by atoms with Crippen LogP contribution in [0.1, 0.15) is 0 Å². The van der Waals surface area contributed by atoms with Gasteiger partial charge in [0.15, 0.2) is 0 Å². The molecule has 6 aromatic carbocycles. The van der Waals surface area contributed by atoms with E-state index in [4.69, 9.17) is 0 Å². The van der Waals surface area contributed by atoms with Gasteiger partial charge in [-0.2, -0.15) is 0 Å². The van der Waals surface area contributed by atoms with Crippen molar-refractivity contribution in [3.05, 3.63) is 194 Å². The predicted molar refractivity (Wildman–Crippen MR) is 202 cm³/mol. The molecule has 0 aliphatic heterocycles. The quantitative estimate of drug-likeness (QED) is 0.166. The third-order valence-electron chi connectivity index (χ3n) is 8.60. The van der Waals surface area contributed by atoms with Gasteiger partial charge in [-0.15, -0.1) is 0 Å². The van der Waals surface area contributed by atoms with E-state index in [2.05, 4.69) is 194 Å². The molecule has 0 aliphatic carbocycles. The fourth-order valence-corrected chi connectivity index (χ4v) is 12.0. The Labute approximate surface area is 273 Å². The second-order valence-electron chi connectivity index (χ2n) is 11.4. The van der Waals surface area contributed by atoms with Gasteiger partial charge in [-0.25, -0.2) is 0 Å². The molecule has 46 heavy (non-hydrogen) atoms. The minimum absolute atomic E-state index is 0.820. The van der Waals surface area contributed by atoms with Gasteiger partial charge in [0.05, 0.1) is 0 Å². The van der Waals surface area contributed by atoms with E-state index < -0.39 is 15.1 Å². The summed E-state index contributed by atoms with van der Waals surface area (Å²) < 4.78 is 0. The van der Waals surface area contributed by atoms with Crippen LogP contribution in [-0.2, 0) is 0 Å². The molecule has 218 valence electrons. The van der Waals surface area contributed by atoms with Gasteiger partial charge in [0.2, 0.25) is 0 Å². The molecule has 0 saturated heterocycles. The SMILES string of the molecule is c1ccc(-c2cp(-c3ccccc3)c(-c3c(-c4ccccc4)c(-c4ccccc4)cp3-c3ccccc3)c2-c2ccccc2)cc1. The van der Waals surface area contributed by atoms with Gasteiger partial charge >= 0.3 is 0 Å². The maximum Gasteiger partial charge on any atom is 0.0191 e. The van der Waals surface area contributed by atoms with E-state index in [9.17, 15) is 0 Å². The molecule has 0 bridgehead atoms. The molecule has 2 aromatic heterocycles. The molecule has 0 saturated carbocycles. The van der Waals surface area contributed by atoms with Crippen LogP contribution in [0.2, 0.25) is 0 Å². The van der Waals surface area contributed by atoms with Crippen molar-refractivity contribution < 1.29 is 0 Å². The maximum atomic E-state index is 2.59. The summed E-state index contributed by atoms with van der Waals surface area (Å²) in [5.41, 5.74) is 10.4. The van der Waals surface area contributed by atoms with E-state index in [-0.39, 0.29) is 0 Å². The van der Waals surface area contributed by atoms with E-state index in [1.807, 2.05) is 0 Å². The molecule has 2 unspecified atom stereocenters. The number of rotatable bonds is 7. The van der Waals surface area contributed by atoms with Crippen molar-refractivity contribution in [2.24, 2.45) is 0 Å². The Kier molecular flexibility index (Phi) is 7.83. The highest BCUT2D eigenvalue weighted by Crippen LogP contribution is 2.67. The van der Waals surface area contributed by atoms with Crippen LogP contribution in [-0.4, -0.2) is 0 Å². The van der Waals surface area contributed by atoms with Gasteiger partial charge < -0.3 is 0 Å². The zero-order valence-corrected chi connectivity index (χ0v) is 27.2. The average molecular weight is 623 g/mol. The van der Waals surface area contributed by atoms with Crippen molar-refractivity contribution in [1.29, 1.82) is 0 Å². The van der Waals surface area contributed by atoms with Crippen LogP contribution in [0.5, 0.6) is 0 Å². The summed E-state index contributed by atoms with van der Waals surface area (Å²) in [4.78, 5) is 0. The van der Waals surface area contributed by atoms with Gasteiger partial charge in [-0.05, 0) is 55.6 Å². The summed E-state index contributed by atoms with van der Waals surface area (Å²) in [7, 11) is -1.64. The fraction of sp³-hybridized carbons (Fsp3) is 0. The molecule has 8 rings (SSSR count). The maximum absolute atomic E-state index is 2.59. The van der Waals surface area contributed by atoms with Crippen molar-refractivity contribution in [2.75, 3.05) is 0 Å². The molecule has 0 radical (unpaired) electrons. The number of benzene rings is 6. The van der Waals surface area contributed by atoms with Crippen LogP contribution >= 0.6 is 15.1 Å². The van der Waals surface area contributed by atoms with Crippen LogP contribution in [0.3, 0.4) is 0 Å². The second-order valence-corrected chi connectivity index (χ2v) is 15.3. The molecule has 0 aliphatic rings. The van der Waals surface area contributed by atoms with Crippen molar-refractivity contribution >= 4 is 15.1 Å². The van der Waals surface area contributed by atoms with Crippen molar-refractivity contribution in [3.8, 4) is 65.7 Å². The largest absolute Gasteiger partial charge is 0.0837 e. The third-order valence-corrected chi connectivity index (χ3v) is 13.4. The molecule has 0 nitrogen and oxygen atoms in total. The lowest BCUT2D eigenvalue weighted by molar-refractivity contribution is 1.62. The minimum atomic E-state index is -0.820. The summed E-state index contributed by atoms with van der Waals surface area (Å²) in [5.74, 6) is 5.18. The Morgan fingerprint density at radius 3 is 0.826 bits per heavy atom. The standard InChI is InChI=1S/C44H32P2/c1-7-19-33(20-8-1)39-31-45(37-27-15-5-16-28-37)43(41(39)35-23-11-3-12-24-35)44-42(36-25-13-4-14-26-36)40(34-21-9-2-10-22-34)32-46(44)38-29-17-6-18-30-38/h1-32H. The molecular weight excluding hydrogens is 590 g/mol. The van der Waals surface area contributed by atoms with Crippen molar-refractivity contribution in [3.63, 3.8) is 0 Å². The Morgan fingerprint density at radius 1 is 0.261 bits per heavy atom. The lowest BCUT2D eigenvalue weighted by atomic mass is 9.92. The van der Waals surface area contributed by atoms with Crippen LogP contribution in [0.15, 0.2) is 194 Å². The zero-order chi connectivity index (χ0) is 30.7. The Balaban J connectivity index is 1.59. The van der Waals surface area contributed by atoms with Gasteiger partial charge in [-0.3, -0.25) is 0 Å². The first-order valence-corrected chi connectivity index (χ1v) is 18.5. The van der Waals surface area contributed by atoms with Gasteiger partial charge in [0.1, 0.15) is 0 Å². The van der Waals surface area contributed by atoms with Gasteiger partial charge in [-0.1, -0.05) is 197 Å². The normalized spacial score (nSPS) is 11.8. The first-order chi connectivity index (χ1) is 22.9. The zero-order valence-electron chi connectivity index (χ0n) is 25.4. The fourth-order valence-electron chi connectivity index (χ4n) is 6.53. The smallest absolute Gasteiger partial charge is 0.0191 e. The van der Waals surface area contributed by atoms with E-state index in [1.54, 1.807) is 0 Å². The Bertz CT molecular complexity index is 2030. The summed E-state index contributed by atoms with van der Waals surface area (Å²) in [6, 6.07) is 66.5. The molecule has 0 N–H and O–H groups in total. The second kappa shape index (κ2) is 12.7. The van der Waals surface area contributed by atoms with Crippen LogP contribution in [0.25, 0.3) is 65.7 Å². The lowest BCUT2D eigenvalue weighted by Gasteiger charge is -2.17. The minimum Gasteiger partial charge on any atom is -0.0837 e. The summed E-state index contributed by atoms with van der Waals surface area (Å²) in [5, 5.41) is 5.70. The lowest BCUT2D eigenvalue weighted by Crippen LogP contribution is -1.87. The molecule has 2 heteroatoms. The van der Waals surface area contributed by atoms with E-state index in [0.29, 0.717) is 0 Å². The molecule has 0 amide bonds. The highest BCUT2D eigenvalue weighted by atomic mass is 31.1. The average Bonchev–Trinajstić information content (AvgIpc) is 3.74. The van der Waals surface area contributed by atoms with Crippen LogP contribution in [0, 0.1) is 0 Å². The van der Waals surface area contributed by atoms with E-state index >= 15 is 0 Å². The summed E-state index contributed by atoms with van der Waals surface area (Å²) in [6.45, 7) is 0. The van der Waals surface area contributed by atoms with E-state index in [1.165, 1.54) is 65.7 Å². The van der Waals surface area contributed by atoms with Gasteiger partial charge in [0.25, 0.3) is 0 Å². The Hall–Kier alpha value is -5.12. The molecule has 0 fully saturated rings. The molecular formula is C44H32P2. The summed E-state index contributed by atoms with van der Waals surface area (Å²) >= 11 is 0. The molecule has 0 spiro atoms. The topological polar surface area (TPSA) is 0 Å². The highest BCUT2D eigenvalue weighted by Gasteiger charge is 2.29. The highest BCUT2D eigenvalue weighted by molar-refractivity contribution is 7.65. The first kappa shape index (κ1) is 28.4. The summed E-state index contributed by atoms with van der Waals surface area (Å²) in [6.07, 6.45) is 0. The number of hydrogen-bond donors (Lipinski definition) is 0. The third kappa shape index (κ3) is 5.27. The monoisotopic (exact) mass is 622 g/mol. The first-order valence-electron chi connectivity index (χ1n) is 15.7. The Morgan fingerprint density at radius 2 is 0.522 bits per heavy atom. The van der Waals surface area contributed by atoms with Gasteiger partial charge in [0, 0.05) is 21.7 Å². The van der Waals surface area contributed by atoms with Crippen LogP contribution < -0.4 is 0 Å². The van der Waals surface area contributed by atoms with Crippen molar-refractivity contribution in [2.45, 2.75) is 0 Å². The van der Waals surface area contributed by atoms with Crippen molar-refractivity contribution in [1.82, 2.24) is 0 Å². The molecule has 2 heterocycles.